The number of anilines is 3. The van der Waals surface area contributed by atoms with Gasteiger partial charge in [0.1, 0.15) is 0 Å². The van der Waals surface area contributed by atoms with Crippen molar-refractivity contribution in [3.63, 3.8) is 0 Å². The molecule has 0 aromatic heterocycles. The summed E-state index contributed by atoms with van der Waals surface area (Å²) >= 11 is 0. The van der Waals surface area contributed by atoms with Crippen LogP contribution in [0.2, 0.25) is 0 Å². The summed E-state index contributed by atoms with van der Waals surface area (Å²) in [5, 5.41) is 12.0. The van der Waals surface area contributed by atoms with E-state index >= 15 is 0 Å². The fourth-order valence-corrected chi connectivity index (χ4v) is 1.78. The van der Waals surface area contributed by atoms with Gasteiger partial charge in [-0.05, 0) is 42.5 Å². The Morgan fingerprint density at radius 3 is 2.39 bits per heavy atom. The summed E-state index contributed by atoms with van der Waals surface area (Å²) in [6, 6.07) is 17.9. The van der Waals surface area contributed by atoms with E-state index in [0.29, 0.717) is 5.56 Å². The first-order valence-electron chi connectivity index (χ1n) is 5.76. The minimum Gasteiger partial charge on any atom is -0.388 e. The van der Waals surface area contributed by atoms with Crippen molar-refractivity contribution in [1.82, 2.24) is 0 Å². The van der Waals surface area contributed by atoms with Crippen molar-refractivity contribution in [2.75, 3.05) is 24.3 Å². The molecule has 0 aliphatic rings. The fraction of sp³-hybridized carbons (Fsp3) is 0.133. The number of benzene rings is 2. The molecule has 0 unspecified atom stereocenters. The number of rotatable bonds is 3. The second-order valence-corrected chi connectivity index (χ2v) is 4.02. The Morgan fingerprint density at radius 1 is 1.06 bits per heavy atom. The van der Waals surface area contributed by atoms with Gasteiger partial charge in [0.05, 0.1) is 11.6 Å². The van der Waals surface area contributed by atoms with Crippen LogP contribution in [0, 0.1) is 11.3 Å². The molecule has 0 radical (unpaired) electrons. The fourth-order valence-electron chi connectivity index (χ4n) is 1.78. The van der Waals surface area contributed by atoms with Crippen LogP contribution in [0.1, 0.15) is 5.56 Å². The van der Waals surface area contributed by atoms with Crippen LogP contribution in [0.15, 0.2) is 48.5 Å². The van der Waals surface area contributed by atoms with Crippen molar-refractivity contribution in [1.29, 1.82) is 5.26 Å². The molecule has 0 aliphatic carbocycles. The summed E-state index contributed by atoms with van der Waals surface area (Å²) < 4.78 is 0. The molecule has 0 saturated carbocycles. The molecule has 0 amide bonds. The highest BCUT2D eigenvalue weighted by Crippen LogP contribution is 2.25. The monoisotopic (exact) mass is 237 g/mol. The van der Waals surface area contributed by atoms with E-state index in [1.807, 2.05) is 56.6 Å². The van der Waals surface area contributed by atoms with Crippen LogP contribution in [-0.4, -0.2) is 14.1 Å². The van der Waals surface area contributed by atoms with Crippen LogP contribution in [0.25, 0.3) is 0 Å². The van der Waals surface area contributed by atoms with Crippen LogP contribution >= 0.6 is 0 Å². The third kappa shape index (κ3) is 2.44. The molecule has 2 aromatic carbocycles. The SMILES string of the molecule is CNc1ccc(N(C)c2cccc(C#N)c2)cc1. The van der Waals surface area contributed by atoms with Crippen LogP contribution < -0.4 is 10.2 Å². The van der Waals surface area contributed by atoms with Gasteiger partial charge in [0.25, 0.3) is 0 Å². The summed E-state index contributed by atoms with van der Waals surface area (Å²) in [5.41, 5.74) is 3.85. The lowest BCUT2D eigenvalue weighted by Crippen LogP contribution is -2.09. The smallest absolute Gasteiger partial charge is 0.0992 e. The van der Waals surface area contributed by atoms with Gasteiger partial charge in [-0.25, -0.2) is 0 Å². The van der Waals surface area contributed by atoms with Gasteiger partial charge in [-0.2, -0.15) is 5.26 Å². The van der Waals surface area contributed by atoms with Gasteiger partial charge in [0, 0.05) is 31.2 Å². The molecule has 0 heterocycles. The Balaban J connectivity index is 2.29. The molecule has 90 valence electrons. The quantitative estimate of drug-likeness (QED) is 0.889. The third-order valence-electron chi connectivity index (χ3n) is 2.91. The summed E-state index contributed by atoms with van der Waals surface area (Å²) in [6.07, 6.45) is 0. The molecule has 0 saturated heterocycles. The lowest BCUT2D eigenvalue weighted by atomic mass is 10.2. The molecule has 2 rings (SSSR count). The Morgan fingerprint density at radius 2 is 1.78 bits per heavy atom. The Kier molecular flexibility index (Phi) is 3.49. The summed E-state index contributed by atoms with van der Waals surface area (Å²) in [7, 11) is 3.89. The number of hydrogen-bond donors (Lipinski definition) is 1. The van der Waals surface area contributed by atoms with E-state index in [1.54, 1.807) is 6.07 Å². The molecule has 2 aromatic rings. The van der Waals surface area contributed by atoms with Gasteiger partial charge < -0.3 is 10.2 Å². The first-order valence-corrected chi connectivity index (χ1v) is 5.76. The second kappa shape index (κ2) is 5.24. The van der Waals surface area contributed by atoms with E-state index in [-0.39, 0.29) is 0 Å². The molecule has 3 heteroatoms. The Labute approximate surface area is 107 Å². The molecule has 0 aliphatic heterocycles. The van der Waals surface area contributed by atoms with E-state index in [9.17, 15) is 0 Å². The predicted octanol–water partition coefficient (Wildman–Crippen LogP) is 3.37. The van der Waals surface area contributed by atoms with Crippen molar-refractivity contribution in [3.8, 4) is 6.07 Å². The second-order valence-electron chi connectivity index (χ2n) is 4.02. The van der Waals surface area contributed by atoms with E-state index in [2.05, 4.69) is 16.3 Å². The van der Waals surface area contributed by atoms with E-state index in [4.69, 9.17) is 5.26 Å². The zero-order valence-corrected chi connectivity index (χ0v) is 10.5. The molecule has 0 bridgehead atoms. The van der Waals surface area contributed by atoms with Gasteiger partial charge in [-0.15, -0.1) is 0 Å². The zero-order valence-electron chi connectivity index (χ0n) is 10.5. The van der Waals surface area contributed by atoms with E-state index < -0.39 is 0 Å². The lowest BCUT2D eigenvalue weighted by molar-refractivity contribution is 1.21. The lowest BCUT2D eigenvalue weighted by Gasteiger charge is -2.20. The minimum absolute atomic E-state index is 0.672. The van der Waals surface area contributed by atoms with Gasteiger partial charge >= 0.3 is 0 Å². The van der Waals surface area contributed by atoms with Crippen molar-refractivity contribution in [3.05, 3.63) is 54.1 Å². The van der Waals surface area contributed by atoms with Gasteiger partial charge in [0.15, 0.2) is 0 Å². The zero-order chi connectivity index (χ0) is 13.0. The van der Waals surface area contributed by atoms with Crippen molar-refractivity contribution >= 4 is 17.1 Å². The summed E-state index contributed by atoms with van der Waals surface area (Å²) in [5.74, 6) is 0. The molecular formula is C15H15N3. The van der Waals surface area contributed by atoms with Gasteiger partial charge in [-0.1, -0.05) is 6.07 Å². The van der Waals surface area contributed by atoms with Crippen molar-refractivity contribution in [2.24, 2.45) is 0 Å². The average molecular weight is 237 g/mol. The van der Waals surface area contributed by atoms with Crippen molar-refractivity contribution < 1.29 is 0 Å². The largest absolute Gasteiger partial charge is 0.388 e. The highest BCUT2D eigenvalue weighted by Gasteiger charge is 2.04. The number of nitrogens with zero attached hydrogens (tertiary/aromatic N) is 2. The van der Waals surface area contributed by atoms with Crippen LogP contribution in [0.5, 0.6) is 0 Å². The molecule has 0 spiro atoms. The minimum atomic E-state index is 0.672. The molecular weight excluding hydrogens is 222 g/mol. The maximum atomic E-state index is 8.91. The maximum absolute atomic E-state index is 8.91. The third-order valence-corrected chi connectivity index (χ3v) is 2.91. The van der Waals surface area contributed by atoms with Gasteiger partial charge in [-0.3, -0.25) is 0 Å². The first-order chi connectivity index (χ1) is 8.74. The van der Waals surface area contributed by atoms with E-state index in [1.165, 1.54) is 0 Å². The van der Waals surface area contributed by atoms with Gasteiger partial charge in [0.2, 0.25) is 0 Å². The van der Waals surface area contributed by atoms with Crippen LogP contribution in [-0.2, 0) is 0 Å². The maximum Gasteiger partial charge on any atom is 0.0992 e. The molecule has 0 atom stereocenters. The predicted molar refractivity (Wildman–Crippen MR) is 75.2 cm³/mol. The van der Waals surface area contributed by atoms with Crippen LogP contribution in [0.3, 0.4) is 0 Å². The summed E-state index contributed by atoms with van der Waals surface area (Å²) in [6.45, 7) is 0. The van der Waals surface area contributed by atoms with E-state index in [0.717, 1.165) is 17.1 Å². The molecule has 0 fully saturated rings. The summed E-state index contributed by atoms with van der Waals surface area (Å²) in [4.78, 5) is 2.06. The first kappa shape index (κ1) is 12.0. The average Bonchev–Trinajstić information content (AvgIpc) is 2.46. The van der Waals surface area contributed by atoms with Crippen LogP contribution in [0.4, 0.5) is 17.1 Å². The molecule has 1 N–H and O–H groups in total. The number of nitrogens with one attached hydrogen (secondary N) is 1. The number of nitriles is 1. The highest BCUT2D eigenvalue weighted by atomic mass is 15.1. The van der Waals surface area contributed by atoms with Crippen molar-refractivity contribution in [2.45, 2.75) is 0 Å². The standard InChI is InChI=1S/C15H15N3/c1-17-13-6-8-14(9-7-13)18(2)15-5-3-4-12(10-15)11-16/h3-10,17H,1-2H3. The topological polar surface area (TPSA) is 39.1 Å². The Bertz CT molecular complexity index is 567. The normalized spacial score (nSPS) is 9.61. The Hall–Kier alpha value is -2.47. The highest BCUT2D eigenvalue weighted by molar-refractivity contribution is 5.65. The molecule has 3 nitrogen and oxygen atoms in total. The molecule has 18 heavy (non-hydrogen) atoms. The number of hydrogen-bond acceptors (Lipinski definition) is 3.